The molecular formula is C25H25ClN4O4. The zero-order valence-corrected chi connectivity index (χ0v) is 20.0. The Bertz CT molecular complexity index is 1480. The van der Waals surface area contributed by atoms with Gasteiger partial charge in [-0.3, -0.25) is 9.36 Å². The summed E-state index contributed by atoms with van der Waals surface area (Å²) in [5, 5.41) is 0.375. The number of halogens is 1. The highest BCUT2D eigenvalue weighted by Gasteiger charge is 2.21. The van der Waals surface area contributed by atoms with Crippen molar-refractivity contribution in [2.24, 2.45) is 5.92 Å². The number of aromatic nitrogens is 4. The number of carbonyl (C=O) groups is 1. The van der Waals surface area contributed by atoms with Crippen LogP contribution >= 0.6 is 11.6 Å². The number of hydrogen-bond acceptors (Lipinski definition) is 5. The third-order valence-corrected chi connectivity index (χ3v) is 5.94. The number of para-hydroxylation sites is 1. The first-order chi connectivity index (χ1) is 16.3. The molecule has 2 heterocycles. The lowest BCUT2D eigenvalue weighted by atomic mass is 10.1. The van der Waals surface area contributed by atoms with Crippen LogP contribution in [0.3, 0.4) is 0 Å². The van der Waals surface area contributed by atoms with E-state index >= 15 is 0 Å². The lowest BCUT2D eigenvalue weighted by Gasteiger charge is -2.14. The minimum atomic E-state index is -0.482. The summed E-state index contributed by atoms with van der Waals surface area (Å²) in [5.41, 5.74) is 1.27. The van der Waals surface area contributed by atoms with Crippen molar-refractivity contribution in [2.75, 3.05) is 7.11 Å². The van der Waals surface area contributed by atoms with Crippen molar-refractivity contribution in [1.29, 1.82) is 0 Å². The van der Waals surface area contributed by atoms with Crippen LogP contribution in [0.5, 0.6) is 0 Å². The predicted octanol–water partition coefficient (Wildman–Crippen LogP) is 3.88. The van der Waals surface area contributed by atoms with Crippen molar-refractivity contribution in [3.63, 3.8) is 0 Å². The van der Waals surface area contributed by atoms with Crippen LogP contribution in [-0.4, -0.2) is 31.8 Å². The van der Waals surface area contributed by atoms with E-state index in [-0.39, 0.29) is 24.3 Å². The molecule has 0 amide bonds. The molecule has 34 heavy (non-hydrogen) atoms. The van der Waals surface area contributed by atoms with Crippen LogP contribution in [0, 0.1) is 5.92 Å². The molecule has 0 aliphatic carbocycles. The summed E-state index contributed by atoms with van der Waals surface area (Å²) in [6.07, 6.45) is 2.19. The lowest BCUT2D eigenvalue weighted by Crippen LogP contribution is -2.40. The number of hydrogen-bond donors (Lipinski definition) is 0. The van der Waals surface area contributed by atoms with Gasteiger partial charge in [-0.25, -0.2) is 19.1 Å². The Morgan fingerprint density at radius 3 is 2.59 bits per heavy atom. The summed E-state index contributed by atoms with van der Waals surface area (Å²) in [5.74, 6) is -0.136. The van der Waals surface area contributed by atoms with Crippen molar-refractivity contribution in [3.8, 4) is 5.69 Å². The smallest absolute Gasteiger partial charge is 0.337 e. The average Bonchev–Trinajstić information content (AvgIpc) is 3.23. The highest BCUT2D eigenvalue weighted by molar-refractivity contribution is 6.32. The molecule has 4 aromatic rings. The zero-order valence-electron chi connectivity index (χ0n) is 19.2. The molecule has 2 aromatic heterocycles. The SMILES string of the molecule is COC(=O)c1cccc(Cn2cnc3c2c(=O)n(CCC(C)C)c(=O)n3-c2ccccc2Cl)c1. The second-order valence-corrected chi connectivity index (χ2v) is 8.85. The van der Waals surface area contributed by atoms with E-state index in [1.54, 1.807) is 47.0 Å². The van der Waals surface area contributed by atoms with Gasteiger partial charge >= 0.3 is 11.7 Å². The minimum Gasteiger partial charge on any atom is -0.465 e. The van der Waals surface area contributed by atoms with Gasteiger partial charge in [0.15, 0.2) is 11.2 Å². The minimum absolute atomic E-state index is 0.230. The Labute approximate surface area is 201 Å². The Balaban J connectivity index is 1.93. The van der Waals surface area contributed by atoms with E-state index in [9.17, 15) is 14.4 Å². The standard InChI is InChI=1S/C25H25ClN4O4/c1-16(2)11-12-29-23(31)21-22(30(25(29)33)20-10-5-4-9-19(20)26)27-15-28(21)14-17-7-6-8-18(13-17)24(32)34-3/h4-10,13,15-16H,11-12,14H2,1-3H3. The second kappa shape index (κ2) is 9.69. The van der Waals surface area contributed by atoms with Crippen LogP contribution in [0.1, 0.15) is 36.2 Å². The summed E-state index contributed by atoms with van der Waals surface area (Å²) >= 11 is 6.42. The molecule has 0 fully saturated rings. The molecule has 0 saturated heterocycles. The van der Waals surface area contributed by atoms with Crippen LogP contribution in [0.25, 0.3) is 16.9 Å². The van der Waals surface area contributed by atoms with E-state index in [0.29, 0.717) is 28.6 Å². The predicted molar refractivity (Wildman–Crippen MR) is 131 cm³/mol. The maximum atomic E-state index is 13.5. The summed E-state index contributed by atoms with van der Waals surface area (Å²) < 4.78 is 9.13. The van der Waals surface area contributed by atoms with Crippen LogP contribution in [0.2, 0.25) is 5.02 Å². The molecule has 0 aliphatic heterocycles. The van der Waals surface area contributed by atoms with Gasteiger partial charge in [0.05, 0.1) is 29.7 Å². The maximum Gasteiger partial charge on any atom is 0.337 e. The van der Waals surface area contributed by atoms with Gasteiger partial charge in [-0.05, 0) is 42.2 Å². The van der Waals surface area contributed by atoms with Crippen LogP contribution in [0.15, 0.2) is 64.4 Å². The van der Waals surface area contributed by atoms with Gasteiger partial charge in [0.1, 0.15) is 0 Å². The number of methoxy groups -OCH3 is 1. The van der Waals surface area contributed by atoms with E-state index in [1.165, 1.54) is 22.6 Å². The van der Waals surface area contributed by atoms with Gasteiger partial charge < -0.3 is 9.30 Å². The number of carbonyl (C=O) groups excluding carboxylic acids is 1. The fraction of sp³-hybridized carbons (Fsp3) is 0.280. The highest BCUT2D eigenvalue weighted by Crippen LogP contribution is 2.22. The van der Waals surface area contributed by atoms with Gasteiger partial charge in [-0.2, -0.15) is 0 Å². The first-order valence-corrected chi connectivity index (χ1v) is 11.3. The fourth-order valence-corrected chi connectivity index (χ4v) is 4.07. The molecule has 2 aromatic carbocycles. The molecule has 0 aliphatic rings. The lowest BCUT2D eigenvalue weighted by molar-refractivity contribution is 0.0600. The van der Waals surface area contributed by atoms with E-state index in [1.807, 2.05) is 19.9 Å². The normalized spacial score (nSPS) is 11.3. The van der Waals surface area contributed by atoms with Gasteiger partial charge in [0, 0.05) is 13.1 Å². The summed E-state index contributed by atoms with van der Waals surface area (Å²) in [6.45, 7) is 4.63. The Hall–Kier alpha value is -3.65. The molecule has 0 bridgehead atoms. The zero-order chi connectivity index (χ0) is 24.4. The average molecular weight is 481 g/mol. The van der Waals surface area contributed by atoms with Gasteiger partial charge in [0.2, 0.25) is 0 Å². The topological polar surface area (TPSA) is 88.1 Å². The van der Waals surface area contributed by atoms with E-state index in [0.717, 1.165) is 5.56 Å². The number of ether oxygens (including phenoxy) is 1. The molecule has 0 N–H and O–H groups in total. The Morgan fingerprint density at radius 1 is 1.12 bits per heavy atom. The Kier molecular flexibility index (Phi) is 6.70. The molecule has 4 rings (SSSR count). The van der Waals surface area contributed by atoms with Crippen molar-refractivity contribution in [2.45, 2.75) is 33.4 Å². The van der Waals surface area contributed by atoms with E-state index in [2.05, 4.69) is 4.98 Å². The second-order valence-electron chi connectivity index (χ2n) is 8.45. The Morgan fingerprint density at radius 2 is 1.88 bits per heavy atom. The monoisotopic (exact) mass is 480 g/mol. The fourth-order valence-electron chi connectivity index (χ4n) is 3.85. The highest BCUT2D eigenvalue weighted by atomic mass is 35.5. The van der Waals surface area contributed by atoms with Crippen LogP contribution in [-0.2, 0) is 17.8 Å². The van der Waals surface area contributed by atoms with Gasteiger partial charge in [0.25, 0.3) is 5.56 Å². The molecule has 8 nitrogen and oxygen atoms in total. The molecule has 0 spiro atoms. The van der Waals surface area contributed by atoms with Crippen molar-refractivity contribution in [1.82, 2.24) is 18.7 Å². The molecule has 0 unspecified atom stereocenters. The maximum absolute atomic E-state index is 13.5. The molecular weight excluding hydrogens is 456 g/mol. The first kappa shape index (κ1) is 23.5. The number of nitrogens with zero attached hydrogens (tertiary/aromatic N) is 4. The van der Waals surface area contributed by atoms with Gasteiger partial charge in [-0.1, -0.05) is 49.7 Å². The molecule has 0 saturated carbocycles. The quantitative estimate of drug-likeness (QED) is 0.374. The summed E-state index contributed by atoms with van der Waals surface area (Å²) in [4.78, 5) is 43.3. The molecule has 0 atom stereocenters. The van der Waals surface area contributed by atoms with E-state index in [4.69, 9.17) is 16.3 Å². The molecule has 9 heteroatoms. The van der Waals surface area contributed by atoms with Crippen molar-refractivity contribution < 1.29 is 9.53 Å². The number of benzene rings is 2. The summed E-state index contributed by atoms with van der Waals surface area (Å²) in [7, 11) is 1.33. The van der Waals surface area contributed by atoms with Crippen LogP contribution < -0.4 is 11.2 Å². The first-order valence-electron chi connectivity index (χ1n) is 10.9. The number of imidazole rings is 1. The third kappa shape index (κ3) is 4.41. The van der Waals surface area contributed by atoms with Gasteiger partial charge in [-0.15, -0.1) is 0 Å². The van der Waals surface area contributed by atoms with Crippen LogP contribution in [0.4, 0.5) is 0 Å². The number of esters is 1. The van der Waals surface area contributed by atoms with Crippen molar-refractivity contribution in [3.05, 3.63) is 91.8 Å². The number of rotatable bonds is 7. The largest absolute Gasteiger partial charge is 0.465 e. The van der Waals surface area contributed by atoms with E-state index < -0.39 is 17.2 Å². The molecule has 176 valence electrons. The summed E-state index contributed by atoms with van der Waals surface area (Å²) in [6, 6.07) is 13.9. The third-order valence-electron chi connectivity index (χ3n) is 5.62. The number of fused-ring (bicyclic) bond motifs is 1. The molecule has 0 radical (unpaired) electrons. The van der Waals surface area contributed by atoms with Crippen molar-refractivity contribution >= 4 is 28.7 Å².